The predicted molar refractivity (Wildman–Crippen MR) is 152 cm³/mol. The Labute approximate surface area is 230 Å². The monoisotopic (exact) mass is 555 g/mol. The molecule has 0 bridgehead atoms. The Balaban J connectivity index is 2.01. The molecule has 3 rings (SSSR count). The Morgan fingerprint density at radius 3 is 2.16 bits per heavy atom. The summed E-state index contributed by atoms with van der Waals surface area (Å²) < 4.78 is 28.6. The summed E-state index contributed by atoms with van der Waals surface area (Å²) in [4.78, 5) is 28.4. The summed E-state index contributed by atoms with van der Waals surface area (Å²) in [6.07, 6.45) is 0.901. The van der Waals surface area contributed by atoms with Crippen molar-refractivity contribution in [1.29, 1.82) is 0 Å². The first kappa shape index (κ1) is 29.2. The Hall–Kier alpha value is -3.36. The zero-order chi connectivity index (χ0) is 27.7. The molecule has 0 aliphatic carbocycles. The number of likely N-dealkylation sites (N-methyl/N-ethyl adjacent to an activating group) is 1. The van der Waals surface area contributed by atoms with E-state index in [2.05, 4.69) is 5.32 Å². The first-order valence-electron chi connectivity index (χ1n) is 12.6. The number of hydrogen-bond donors (Lipinski definition) is 1. The van der Waals surface area contributed by atoms with E-state index in [1.165, 1.54) is 17.0 Å². The highest BCUT2D eigenvalue weighted by Crippen LogP contribution is 2.28. The number of nitrogens with one attached hydrogen (secondary N) is 1. The quantitative estimate of drug-likeness (QED) is 0.347. The molecule has 0 radical (unpaired) electrons. The number of aryl methyl sites for hydroxylation is 1. The van der Waals surface area contributed by atoms with Gasteiger partial charge >= 0.3 is 0 Å². The molecule has 2 amide bonds. The van der Waals surface area contributed by atoms with Crippen molar-refractivity contribution in [1.82, 2.24) is 10.2 Å². The number of anilines is 1. The lowest BCUT2D eigenvalue weighted by Gasteiger charge is -2.33. The van der Waals surface area contributed by atoms with Crippen LogP contribution in [0.1, 0.15) is 31.4 Å². The number of amides is 2. The topological polar surface area (TPSA) is 86.8 Å². The van der Waals surface area contributed by atoms with Gasteiger partial charge in [0.2, 0.25) is 11.8 Å². The minimum atomic E-state index is -4.12. The van der Waals surface area contributed by atoms with E-state index in [-0.39, 0.29) is 23.0 Å². The molecule has 3 aromatic carbocycles. The van der Waals surface area contributed by atoms with Crippen LogP contribution in [0.25, 0.3) is 0 Å². The summed E-state index contributed by atoms with van der Waals surface area (Å²) >= 11 is 6.35. The highest BCUT2D eigenvalue weighted by molar-refractivity contribution is 7.92. The largest absolute Gasteiger partial charge is 0.355 e. The average Bonchev–Trinajstić information content (AvgIpc) is 2.92. The van der Waals surface area contributed by atoms with Crippen LogP contribution in [0.3, 0.4) is 0 Å². The van der Waals surface area contributed by atoms with Crippen LogP contribution in [-0.4, -0.2) is 50.8 Å². The summed E-state index contributed by atoms with van der Waals surface area (Å²) in [5, 5.41) is 3.19. The van der Waals surface area contributed by atoms with Gasteiger partial charge in [-0.3, -0.25) is 13.9 Å². The first-order chi connectivity index (χ1) is 18.2. The molecule has 0 spiro atoms. The van der Waals surface area contributed by atoms with E-state index >= 15 is 0 Å². The molecule has 0 aliphatic rings. The molecule has 0 fully saturated rings. The molecule has 9 heteroatoms. The zero-order valence-electron chi connectivity index (χ0n) is 21.9. The van der Waals surface area contributed by atoms with E-state index in [0.29, 0.717) is 24.4 Å². The Morgan fingerprint density at radius 1 is 0.947 bits per heavy atom. The van der Waals surface area contributed by atoms with Gasteiger partial charge in [-0.05, 0) is 62.1 Å². The fourth-order valence-corrected chi connectivity index (χ4v) is 5.78. The molecule has 0 aromatic heterocycles. The zero-order valence-corrected chi connectivity index (χ0v) is 23.5. The molecular formula is C29H34ClN3O4S. The summed E-state index contributed by atoms with van der Waals surface area (Å²) in [6, 6.07) is 21.7. The van der Waals surface area contributed by atoms with Crippen LogP contribution in [0, 0.1) is 6.92 Å². The van der Waals surface area contributed by atoms with Crippen molar-refractivity contribution in [2.24, 2.45) is 0 Å². The maximum absolute atomic E-state index is 13.9. The van der Waals surface area contributed by atoms with Gasteiger partial charge in [-0.15, -0.1) is 0 Å². The summed E-state index contributed by atoms with van der Waals surface area (Å²) in [7, 11) is -4.12. The van der Waals surface area contributed by atoms with Gasteiger partial charge in [0.15, 0.2) is 0 Å². The number of carbonyl (C=O) groups is 2. The van der Waals surface area contributed by atoms with Gasteiger partial charge in [-0.25, -0.2) is 8.42 Å². The Morgan fingerprint density at radius 2 is 1.58 bits per heavy atom. The molecule has 0 aliphatic heterocycles. The van der Waals surface area contributed by atoms with Crippen molar-refractivity contribution in [2.45, 2.75) is 44.6 Å². The molecule has 0 heterocycles. The molecule has 1 atom stereocenters. The Bertz CT molecular complexity index is 1330. The highest BCUT2D eigenvalue weighted by Gasteiger charge is 2.33. The predicted octanol–water partition coefficient (Wildman–Crippen LogP) is 4.83. The second kappa shape index (κ2) is 13.4. The van der Waals surface area contributed by atoms with Crippen LogP contribution in [0.5, 0.6) is 0 Å². The molecule has 0 saturated heterocycles. The third kappa shape index (κ3) is 7.14. The third-order valence-electron chi connectivity index (χ3n) is 6.27. The van der Waals surface area contributed by atoms with Gasteiger partial charge < -0.3 is 10.2 Å². The fourth-order valence-electron chi connectivity index (χ4n) is 4.17. The first-order valence-corrected chi connectivity index (χ1v) is 14.5. The van der Waals surface area contributed by atoms with E-state index < -0.39 is 28.5 Å². The number of hydrogen-bond acceptors (Lipinski definition) is 4. The van der Waals surface area contributed by atoms with Gasteiger partial charge in [0.1, 0.15) is 12.6 Å². The van der Waals surface area contributed by atoms with Gasteiger partial charge in [-0.1, -0.05) is 73.1 Å². The van der Waals surface area contributed by atoms with E-state index in [1.807, 2.05) is 51.1 Å². The lowest BCUT2D eigenvalue weighted by atomic mass is 10.1. The number of carbonyl (C=O) groups excluding carboxylic acids is 2. The van der Waals surface area contributed by atoms with Gasteiger partial charge in [0.25, 0.3) is 10.0 Å². The lowest BCUT2D eigenvalue weighted by Crippen LogP contribution is -2.53. The third-order valence-corrected chi connectivity index (χ3v) is 8.47. The molecule has 7 nitrogen and oxygen atoms in total. The number of benzene rings is 3. The Kier molecular flexibility index (Phi) is 10.3. The minimum absolute atomic E-state index is 0.0519. The standard InChI is InChI=1S/C29H34ClN3O4S/c1-4-27(29(35)31-5-2)32(19-18-23-12-8-6-9-13-23)28(34)21-33(24-17-16-22(3)26(30)20-24)38(36,37)25-14-10-7-11-15-25/h6-17,20,27H,4-5,18-19,21H2,1-3H3,(H,31,35)/t27-/m1/s1. The normalized spacial score (nSPS) is 12.0. The molecule has 202 valence electrons. The van der Waals surface area contributed by atoms with Crippen molar-refractivity contribution in [3.8, 4) is 0 Å². The SMILES string of the molecule is CCNC(=O)[C@@H](CC)N(CCc1ccccc1)C(=O)CN(c1ccc(C)c(Cl)c1)S(=O)(=O)c1ccccc1. The maximum Gasteiger partial charge on any atom is 0.264 e. The second-order valence-electron chi connectivity index (χ2n) is 8.90. The van der Waals surface area contributed by atoms with E-state index in [4.69, 9.17) is 11.6 Å². The molecule has 0 saturated carbocycles. The maximum atomic E-state index is 13.9. The van der Waals surface area contributed by atoms with Crippen LogP contribution in [0.4, 0.5) is 5.69 Å². The molecule has 0 unspecified atom stereocenters. The van der Waals surface area contributed by atoms with E-state index in [1.54, 1.807) is 36.4 Å². The molecule has 38 heavy (non-hydrogen) atoms. The number of nitrogens with zero attached hydrogens (tertiary/aromatic N) is 2. The smallest absolute Gasteiger partial charge is 0.264 e. The van der Waals surface area contributed by atoms with Crippen LogP contribution >= 0.6 is 11.6 Å². The van der Waals surface area contributed by atoms with E-state index in [9.17, 15) is 18.0 Å². The van der Waals surface area contributed by atoms with Crippen molar-refractivity contribution in [2.75, 3.05) is 23.9 Å². The summed E-state index contributed by atoms with van der Waals surface area (Å²) in [5.74, 6) is -0.748. The molecule has 1 N–H and O–H groups in total. The van der Waals surface area contributed by atoms with Gasteiger partial charge in [0, 0.05) is 18.1 Å². The van der Waals surface area contributed by atoms with Crippen molar-refractivity contribution in [3.63, 3.8) is 0 Å². The van der Waals surface area contributed by atoms with Crippen LogP contribution in [-0.2, 0) is 26.0 Å². The minimum Gasteiger partial charge on any atom is -0.355 e. The second-order valence-corrected chi connectivity index (χ2v) is 11.2. The average molecular weight is 556 g/mol. The van der Waals surface area contributed by atoms with Crippen molar-refractivity contribution >= 4 is 39.1 Å². The number of halogens is 1. The summed E-state index contributed by atoms with van der Waals surface area (Å²) in [6.45, 7) is 5.66. The number of rotatable bonds is 12. The lowest BCUT2D eigenvalue weighted by molar-refractivity contribution is -0.139. The van der Waals surface area contributed by atoms with Crippen molar-refractivity contribution < 1.29 is 18.0 Å². The number of sulfonamides is 1. The van der Waals surface area contributed by atoms with Gasteiger partial charge in [0.05, 0.1) is 10.6 Å². The van der Waals surface area contributed by atoms with Gasteiger partial charge in [-0.2, -0.15) is 0 Å². The van der Waals surface area contributed by atoms with Crippen molar-refractivity contribution in [3.05, 3.63) is 95.0 Å². The van der Waals surface area contributed by atoms with E-state index in [0.717, 1.165) is 15.4 Å². The molecule has 3 aromatic rings. The van der Waals surface area contributed by atoms with Crippen LogP contribution < -0.4 is 9.62 Å². The molecular weight excluding hydrogens is 522 g/mol. The van der Waals surface area contributed by atoms with Crippen LogP contribution in [0.2, 0.25) is 5.02 Å². The summed E-state index contributed by atoms with van der Waals surface area (Å²) in [5.41, 5.74) is 2.06. The fraction of sp³-hybridized carbons (Fsp3) is 0.310. The van der Waals surface area contributed by atoms with Crippen LogP contribution in [0.15, 0.2) is 83.8 Å². The highest BCUT2D eigenvalue weighted by atomic mass is 35.5.